The van der Waals surface area contributed by atoms with Crippen molar-refractivity contribution in [1.29, 1.82) is 0 Å². The Bertz CT molecular complexity index is 2720. The Kier molecular flexibility index (Phi) is 17.2. The molecule has 0 saturated heterocycles. The van der Waals surface area contributed by atoms with Crippen LogP contribution in [0.2, 0.25) is 0 Å². The van der Waals surface area contributed by atoms with E-state index in [0.717, 1.165) is 32.3 Å². The van der Waals surface area contributed by atoms with Crippen LogP contribution in [0, 0.1) is 0 Å². The van der Waals surface area contributed by atoms with Gasteiger partial charge in [-0.1, -0.05) is 105 Å². The highest BCUT2D eigenvalue weighted by atomic mass is 35.5. The van der Waals surface area contributed by atoms with Gasteiger partial charge in [0.25, 0.3) is 5.91 Å². The lowest BCUT2D eigenvalue weighted by molar-refractivity contribution is -0.136. The summed E-state index contributed by atoms with van der Waals surface area (Å²) >= 11 is 0. The number of esters is 2. The molecule has 16 heteroatoms. The lowest BCUT2D eigenvalue weighted by Crippen LogP contribution is -2.42. The summed E-state index contributed by atoms with van der Waals surface area (Å²) in [6, 6.07) is 34.9. The Hall–Kier alpha value is -6.06. The number of benzene rings is 5. The first kappa shape index (κ1) is 49.6. The third-order valence-electron chi connectivity index (χ3n) is 10.3. The van der Waals surface area contributed by atoms with Gasteiger partial charge in [-0.2, -0.15) is 0 Å². The molecular formula is C47H50Cl3N7O6. The first-order valence-electron chi connectivity index (χ1n) is 19.7. The lowest BCUT2D eigenvalue weighted by Gasteiger charge is -2.20. The fourth-order valence-electron chi connectivity index (χ4n) is 7.09. The summed E-state index contributed by atoms with van der Waals surface area (Å²) < 4.78 is 16.0. The normalized spacial score (nSPS) is 12.3. The summed E-state index contributed by atoms with van der Waals surface area (Å²) in [5.74, 6) is -2.58. The largest absolute Gasteiger partial charge is 0.425 e. The van der Waals surface area contributed by atoms with Crippen LogP contribution in [0.1, 0.15) is 46.8 Å². The van der Waals surface area contributed by atoms with Gasteiger partial charge in [0, 0.05) is 30.2 Å². The number of hydrogen-bond donors (Lipinski definition) is 3. The molecule has 7 rings (SSSR count). The number of carbonyl (C=O) groups excluding carboxylic acids is 3. The van der Waals surface area contributed by atoms with Crippen LogP contribution in [0.15, 0.2) is 138 Å². The molecule has 0 bridgehead atoms. The molecule has 13 nitrogen and oxygen atoms in total. The van der Waals surface area contributed by atoms with Gasteiger partial charge in [-0.3, -0.25) is 4.79 Å². The number of fused-ring (bicyclic) bond motifs is 1. The van der Waals surface area contributed by atoms with Gasteiger partial charge in [0.05, 0.1) is 17.3 Å². The second-order valence-corrected chi connectivity index (χ2v) is 15.1. The standard InChI is InChI=1S/C47H47N7O6.3ClH/c1-29(2)35-27-36(42(60-46(57)39(50)25-32-17-11-6-12-18-32)28-41(35)59-45(56)38(49)24-31-15-9-5-10-16-31)43-51-54(44(55)37(48)23-30-13-7-4-8-14-30)47(58)53(43)34-19-20-40-33(26-34)21-22-52(40)3;;;/h4-22,26-29,37-39H,23-25,48-50H2,1-3H3;3*1H. The van der Waals surface area contributed by atoms with Crippen LogP contribution in [0.25, 0.3) is 28.0 Å². The molecule has 3 unspecified atom stereocenters. The minimum atomic E-state index is -1.13. The molecule has 0 radical (unpaired) electrons. The molecule has 2 heterocycles. The van der Waals surface area contributed by atoms with Crippen LogP contribution >= 0.6 is 37.2 Å². The van der Waals surface area contributed by atoms with Crippen molar-refractivity contribution in [3.05, 3.63) is 166 Å². The van der Waals surface area contributed by atoms with E-state index >= 15 is 0 Å². The maximum absolute atomic E-state index is 14.6. The minimum Gasteiger partial charge on any atom is -0.425 e. The zero-order valence-corrected chi connectivity index (χ0v) is 37.3. The quantitative estimate of drug-likeness (QED) is 0.0778. The number of hydrogen-bond acceptors (Lipinski definition) is 10. The maximum atomic E-state index is 14.6. The summed E-state index contributed by atoms with van der Waals surface area (Å²) in [6.07, 6.45) is 2.43. The van der Waals surface area contributed by atoms with Gasteiger partial charge in [0.1, 0.15) is 23.6 Å². The zero-order chi connectivity index (χ0) is 42.5. The number of aryl methyl sites for hydroxylation is 1. The van der Waals surface area contributed by atoms with Gasteiger partial charge in [0.2, 0.25) is 0 Å². The SMILES string of the molecule is CC(C)c1cc(-c2nn(C(=O)C(N)Cc3ccccc3)c(=O)n2-c2ccc3c(ccn3C)c2)c(OC(=O)C(N)Cc2ccccc2)cc1OC(=O)C(N)Cc1ccccc1.Cl.Cl.Cl. The van der Waals surface area contributed by atoms with Crippen molar-refractivity contribution >= 4 is 66.0 Å². The minimum absolute atomic E-state index is 0. The fraction of sp³-hybridized carbons (Fsp3) is 0.213. The van der Waals surface area contributed by atoms with Gasteiger partial charge in [-0.15, -0.1) is 47.0 Å². The van der Waals surface area contributed by atoms with Crippen LogP contribution < -0.4 is 32.4 Å². The highest BCUT2D eigenvalue weighted by Gasteiger charge is 2.30. The van der Waals surface area contributed by atoms with E-state index < -0.39 is 41.7 Å². The third kappa shape index (κ3) is 11.3. The zero-order valence-electron chi connectivity index (χ0n) is 34.8. The number of aromatic nitrogens is 4. The highest BCUT2D eigenvalue weighted by Crippen LogP contribution is 2.40. The Balaban J connectivity index is 0.00000290. The molecule has 2 aromatic heterocycles. The lowest BCUT2D eigenvalue weighted by atomic mass is 9.98. The summed E-state index contributed by atoms with van der Waals surface area (Å²) in [5.41, 5.74) is 22.9. The topological polar surface area (TPSA) is 192 Å². The average molecular weight is 915 g/mol. The Morgan fingerprint density at radius 3 is 1.63 bits per heavy atom. The first-order chi connectivity index (χ1) is 28.9. The van der Waals surface area contributed by atoms with E-state index in [9.17, 15) is 19.2 Å². The van der Waals surface area contributed by atoms with Crippen LogP contribution in [-0.4, -0.2) is 54.9 Å². The van der Waals surface area contributed by atoms with Crippen molar-refractivity contribution < 1.29 is 23.9 Å². The van der Waals surface area contributed by atoms with Gasteiger partial charge >= 0.3 is 17.6 Å². The van der Waals surface area contributed by atoms with Gasteiger partial charge in [0.15, 0.2) is 5.82 Å². The molecule has 0 spiro atoms. The molecule has 5 aromatic carbocycles. The van der Waals surface area contributed by atoms with Crippen molar-refractivity contribution in [3.8, 4) is 28.6 Å². The predicted octanol–water partition coefficient (Wildman–Crippen LogP) is 6.74. The monoisotopic (exact) mass is 913 g/mol. The van der Waals surface area contributed by atoms with E-state index in [1.54, 1.807) is 18.2 Å². The van der Waals surface area contributed by atoms with Crippen LogP contribution in [0.5, 0.6) is 11.5 Å². The van der Waals surface area contributed by atoms with Crippen molar-refractivity contribution in [2.75, 3.05) is 0 Å². The predicted molar refractivity (Wildman–Crippen MR) is 252 cm³/mol. The molecule has 0 saturated carbocycles. The molecular weight excluding hydrogens is 865 g/mol. The Morgan fingerprint density at radius 2 is 1.13 bits per heavy atom. The Labute approximate surface area is 383 Å². The number of nitrogens with two attached hydrogens (primary N) is 3. The second-order valence-electron chi connectivity index (χ2n) is 15.1. The van der Waals surface area contributed by atoms with E-state index in [2.05, 4.69) is 5.10 Å². The van der Waals surface area contributed by atoms with E-state index in [4.69, 9.17) is 26.7 Å². The van der Waals surface area contributed by atoms with Crippen LogP contribution in [0.4, 0.5) is 0 Å². The summed E-state index contributed by atoms with van der Waals surface area (Å²) in [6.45, 7) is 3.78. The number of halogens is 3. The number of nitrogens with zero attached hydrogens (tertiary/aromatic N) is 4. The molecule has 0 aliphatic carbocycles. The van der Waals surface area contributed by atoms with E-state index in [1.807, 2.05) is 135 Å². The maximum Gasteiger partial charge on any atom is 0.358 e. The summed E-state index contributed by atoms with van der Waals surface area (Å²) in [5, 5.41) is 5.46. The fourth-order valence-corrected chi connectivity index (χ4v) is 7.09. The molecule has 330 valence electrons. The van der Waals surface area contributed by atoms with Crippen LogP contribution in [0.3, 0.4) is 0 Å². The number of rotatable bonds is 14. The average Bonchev–Trinajstić information content (AvgIpc) is 3.79. The van der Waals surface area contributed by atoms with Gasteiger partial charge in [-0.25, -0.2) is 19.0 Å². The van der Waals surface area contributed by atoms with Crippen molar-refractivity contribution in [3.63, 3.8) is 0 Å². The Morgan fingerprint density at radius 1 is 0.635 bits per heavy atom. The molecule has 0 amide bonds. The van der Waals surface area contributed by atoms with E-state index in [-0.39, 0.29) is 85.3 Å². The summed E-state index contributed by atoms with van der Waals surface area (Å²) in [7, 11) is 1.91. The molecule has 6 N–H and O–H groups in total. The van der Waals surface area contributed by atoms with Gasteiger partial charge < -0.3 is 31.2 Å². The molecule has 0 fully saturated rings. The molecule has 0 aliphatic heterocycles. The van der Waals surface area contributed by atoms with Crippen molar-refractivity contribution in [2.45, 2.75) is 57.2 Å². The highest BCUT2D eigenvalue weighted by molar-refractivity contribution is 5.87. The third-order valence-corrected chi connectivity index (χ3v) is 10.3. The van der Waals surface area contributed by atoms with Crippen LogP contribution in [-0.2, 0) is 35.9 Å². The molecule has 0 aliphatic rings. The number of ether oxygens (including phenoxy) is 2. The van der Waals surface area contributed by atoms with Crippen molar-refractivity contribution in [2.24, 2.45) is 24.2 Å². The molecule has 63 heavy (non-hydrogen) atoms. The van der Waals surface area contributed by atoms with E-state index in [1.165, 1.54) is 10.6 Å². The summed E-state index contributed by atoms with van der Waals surface area (Å²) in [4.78, 5) is 56.1. The second kappa shape index (κ2) is 21.8. The smallest absolute Gasteiger partial charge is 0.358 e. The van der Waals surface area contributed by atoms with E-state index in [0.29, 0.717) is 11.3 Å². The first-order valence-corrected chi connectivity index (χ1v) is 19.7. The van der Waals surface area contributed by atoms with Gasteiger partial charge in [-0.05, 0) is 77.8 Å². The number of carbonyl (C=O) groups is 3. The van der Waals surface area contributed by atoms with Crippen molar-refractivity contribution in [1.82, 2.24) is 18.9 Å². The molecule has 7 aromatic rings. The molecule has 3 atom stereocenters.